The predicted molar refractivity (Wildman–Crippen MR) is 97.1 cm³/mol. The number of nitrogens with two attached hydrogens (primary N) is 1. The molecule has 0 unspecified atom stereocenters. The molecule has 124 valence electrons. The van der Waals surface area contributed by atoms with Crippen LogP contribution in [0.4, 0.5) is 10.2 Å². The van der Waals surface area contributed by atoms with Gasteiger partial charge in [0.25, 0.3) is 0 Å². The first-order chi connectivity index (χ1) is 12.2. The van der Waals surface area contributed by atoms with Gasteiger partial charge in [0.15, 0.2) is 11.5 Å². The minimum absolute atomic E-state index is 0.0480. The van der Waals surface area contributed by atoms with E-state index in [-0.39, 0.29) is 5.02 Å². The molecule has 0 saturated heterocycles. The third kappa shape index (κ3) is 2.61. The highest BCUT2D eigenvalue weighted by atomic mass is 35.5. The zero-order chi connectivity index (χ0) is 17.4. The number of hydrogen-bond acceptors (Lipinski definition) is 4. The van der Waals surface area contributed by atoms with E-state index in [4.69, 9.17) is 17.4 Å². The molecule has 25 heavy (non-hydrogen) atoms. The third-order valence-corrected chi connectivity index (χ3v) is 4.28. The van der Waals surface area contributed by atoms with Crippen LogP contribution in [0.5, 0.6) is 0 Å². The number of aromatic nitrogens is 3. The Morgan fingerprint density at radius 3 is 2.60 bits per heavy atom. The summed E-state index contributed by atoms with van der Waals surface area (Å²) in [6, 6.07) is 14.4. The van der Waals surface area contributed by atoms with Crippen molar-refractivity contribution in [2.75, 3.05) is 5.43 Å². The van der Waals surface area contributed by atoms with Gasteiger partial charge in [-0.3, -0.25) is 0 Å². The standard InChI is InChI=1S/C18H13ClFN5/c19-14-8-12(6-7-15(14)20)25-9-13(11-4-2-1-3-5-11)16-17(24-21)22-10-23-18(16)25/h1-10H,21H2,(H,22,23,24). The summed E-state index contributed by atoms with van der Waals surface area (Å²) < 4.78 is 15.4. The number of rotatable bonds is 3. The predicted octanol–water partition coefficient (Wildman–Crippen LogP) is 4.17. The summed E-state index contributed by atoms with van der Waals surface area (Å²) in [4.78, 5) is 8.59. The second-order valence-electron chi connectivity index (χ2n) is 5.44. The SMILES string of the molecule is NNc1ncnc2c1c(-c1ccccc1)cn2-c1ccc(F)c(Cl)c1. The topological polar surface area (TPSA) is 68.8 Å². The Kier molecular flexibility index (Phi) is 3.83. The Hall–Kier alpha value is -2.96. The van der Waals surface area contributed by atoms with E-state index in [2.05, 4.69) is 15.4 Å². The van der Waals surface area contributed by atoms with Crippen LogP contribution < -0.4 is 11.3 Å². The minimum atomic E-state index is -0.468. The second-order valence-corrected chi connectivity index (χ2v) is 5.85. The fraction of sp³-hybridized carbons (Fsp3) is 0. The highest BCUT2D eigenvalue weighted by Crippen LogP contribution is 2.35. The number of nitrogen functional groups attached to an aromatic ring is 1. The van der Waals surface area contributed by atoms with Crippen LogP contribution >= 0.6 is 11.6 Å². The Morgan fingerprint density at radius 1 is 1.08 bits per heavy atom. The van der Waals surface area contributed by atoms with E-state index >= 15 is 0 Å². The van der Waals surface area contributed by atoms with Gasteiger partial charge in [-0.25, -0.2) is 20.2 Å². The molecule has 0 fully saturated rings. The lowest BCUT2D eigenvalue weighted by atomic mass is 10.1. The molecule has 4 rings (SSSR count). The van der Waals surface area contributed by atoms with E-state index in [1.807, 2.05) is 41.1 Å². The van der Waals surface area contributed by atoms with Crippen molar-refractivity contribution in [3.8, 4) is 16.8 Å². The lowest BCUT2D eigenvalue weighted by molar-refractivity contribution is 0.628. The van der Waals surface area contributed by atoms with Crippen molar-refractivity contribution in [2.45, 2.75) is 0 Å². The van der Waals surface area contributed by atoms with Gasteiger partial charge in [0.2, 0.25) is 0 Å². The van der Waals surface area contributed by atoms with E-state index in [0.717, 1.165) is 16.5 Å². The number of nitrogens with one attached hydrogen (secondary N) is 1. The number of hydrogen-bond donors (Lipinski definition) is 2. The molecule has 0 radical (unpaired) electrons. The maximum atomic E-state index is 13.5. The molecular weight excluding hydrogens is 341 g/mol. The molecule has 2 heterocycles. The minimum Gasteiger partial charge on any atom is -0.308 e. The summed E-state index contributed by atoms with van der Waals surface area (Å²) in [5.41, 5.74) is 5.85. The largest absolute Gasteiger partial charge is 0.308 e. The number of anilines is 1. The van der Waals surface area contributed by atoms with E-state index in [9.17, 15) is 4.39 Å². The maximum Gasteiger partial charge on any atom is 0.153 e. The van der Waals surface area contributed by atoms with Gasteiger partial charge >= 0.3 is 0 Å². The molecule has 0 amide bonds. The van der Waals surface area contributed by atoms with Crippen LogP contribution in [0.25, 0.3) is 27.8 Å². The summed E-state index contributed by atoms with van der Waals surface area (Å²) >= 11 is 5.94. The molecule has 0 saturated carbocycles. The van der Waals surface area contributed by atoms with Gasteiger partial charge in [-0.05, 0) is 23.8 Å². The summed E-state index contributed by atoms with van der Waals surface area (Å²) in [6.07, 6.45) is 3.34. The monoisotopic (exact) mass is 353 g/mol. The van der Waals surface area contributed by atoms with Crippen molar-refractivity contribution in [2.24, 2.45) is 5.84 Å². The Bertz CT molecular complexity index is 1060. The smallest absolute Gasteiger partial charge is 0.153 e. The van der Waals surface area contributed by atoms with Crippen molar-refractivity contribution in [1.82, 2.24) is 14.5 Å². The lowest BCUT2D eigenvalue weighted by Gasteiger charge is -2.06. The second kappa shape index (κ2) is 6.16. The van der Waals surface area contributed by atoms with Crippen LogP contribution in [0.1, 0.15) is 0 Å². The number of halogens is 2. The first-order valence-electron chi connectivity index (χ1n) is 7.52. The van der Waals surface area contributed by atoms with E-state index in [0.29, 0.717) is 17.2 Å². The summed E-state index contributed by atoms with van der Waals surface area (Å²) in [5, 5.41) is 0.823. The highest BCUT2D eigenvalue weighted by molar-refractivity contribution is 6.30. The molecule has 0 spiro atoms. The molecule has 2 aromatic heterocycles. The number of benzene rings is 2. The lowest BCUT2D eigenvalue weighted by Crippen LogP contribution is -2.09. The first kappa shape index (κ1) is 15.6. The quantitative estimate of drug-likeness (QED) is 0.428. The van der Waals surface area contributed by atoms with E-state index < -0.39 is 5.82 Å². The molecule has 2 aromatic carbocycles. The molecule has 0 atom stereocenters. The maximum absolute atomic E-state index is 13.5. The average Bonchev–Trinajstić information content (AvgIpc) is 3.04. The van der Waals surface area contributed by atoms with Crippen LogP contribution in [-0.2, 0) is 0 Å². The molecule has 0 aliphatic carbocycles. The van der Waals surface area contributed by atoms with Gasteiger partial charge in [-0.15, -0.1) is 0 Å². The van der Waals surface area contributed by atoms with Crippen LogP contribution in [0, 0.1) is 5.82 Å². The van der Waals surface area contributed by atoms with Crippen molar-refractivity contribution in [3.05, 3.63) is 71.9 Å². The first-order valence-corrected chi connectivity index (χ1v) is 7.90. The van der Waals surface area contributed by atoms with Gasteiger partial charge in [0.1, 0.15) is 12.1 Å². The molecule has 3 N–H and O–H groups in total. The van der Waals surface area contributed by atoms with Gasteiger partial charge < -0.3 is 9.99 Å². The summed E-state index contributed by atoms with van der Waals surface area (Å²) in [6.45, 7) is 0. The van der Waals surface area contributed by atoms with E-state index in [1.54, 1.807) is 12.1 Å². The van der Waals surface area contributed by atoms with Crippen LogP contribution in [0.2, 0.25) is 5.02 Å². The van der Waals surface area contributed by atoms with Crippen molar-refractivity contribution in [1.29, 1.82) is 0 Å². The Balaban J connectivity index is 2.05. The average molecular weight is 354 g/mol. The molecule has 0 bridgehead atoms. The van der Waals surface area contributed by atoms with Gasteiger partial charge in [0.05, 0.1) is 10.4 Å². The normalized spacial score (nSPS) is 11.0. The van der Waals surface area contributed by atoms with Crippen LogP contribution in [-0.4, -0.2) is 14.5 Å². The summed E-state index contributed by atoms with van der Waals surface area (Å²) in [5.74, 6) is 5.68. The Morgan fingerprint density at radius 2 is 1.88 bits per heavy atom. The molecule has 7 heteroatoms. The van der Waals surface area contributed by atoms with E-state index in [1.165, 1.54) is 12.4 Å². The fourth-order valence-corrected chi connectivity index (χ4v) is 3.01. The number of fused-ring (bicyclic) bond motifs is 1. The fourth-order valence-electron chi connectivity index (χ4n) is 2.84. The van der Waals surface area contributed by atoms with Crippen molar-refractivity contribution >= 4 is 28.5 Å². The molecule has 4 aromatic rings. The van der Waals surface area contributed by atoms with Gasteiger partial charge in [0, 0.05) is 17.4 Å². The van der Waals surface area contributed by atoms with Crippen molar-refractivity contribution in [3.63, 3.8) is 0 Å². The van der Waals surface area contributed by atoms with Crippen LogP contribution in [0.3, 0.4) is 0 Å². The zero-order valence-corrected chi connectivity index (χ0v) is 13.7. The molecule has 5 nitrogen and oxygen atoms in total. The highest BCUT2D eigenvalue weighted by Gasteiger charge is 2.17. The molecule has 0 aliphatic rings. The molecule has 0 aliphatic heterocycles. The molecular formula is C18H13ClFN5. The Labute approximate surface area is 147 Å². The third-order valence-electron chi connectivity index (χ3n) is 3.99. The van der Waals surface area contributed by atoms with Crippen LogP contribution in [0.15, 0.2) is 61.1 Å². The number of nitrogens with zero attached hydrogens (tertiary/aromatic N) is 3. The number of hydrazine groups is 1. The van der Waals surface area contributed by atoms with Gasteiger partial charge in [-0.1, -0.05) is 41.9 Å². The van der Waals surface area contributed by atoms with Crippen molar-refractivity contribution < 1.29 is 4.39 Å². The van der Waals surface area contributed by atoms with Gasteiger partial charge in [-0.2, -0.15) is 0 Å². The summed E-state index contributed by atoms with van der Waals surface area (Å²) in [7, 11) is 0. The zero-order valence-electron chi connectivity index (χ0n) is 12.9.